The van der Waals surface area contributed by atoms with Crippen molar-refractivity contribution >= 4 is 6.03 Å². The average molecular weight is 251 g/mol. The monoisotopic (exact) mass is 251 g/mol. The lowest BCUT2D eigenvalue weighted by molar-refractivity contribution is 0.184. The number of fused-ring (bicyclic) bond motifs is 2. The number of nitrogens with zero attached hydrogens (tertiary/aromatic N) is 2. The highest BCUT2D eigenvalue weighted by molar-refractivity contribution is 5.74. The smallest absolute Gasteiger partial charge is 0.317 e. The second-order valence-electron chi connectivity index (χ2n) is 6.22. The Labute approximate surface area is 110 Å². The molecule has 3 aliphatic rings. The van der Waals surface area contributed by atoms with Gasteiger partial charge in [0.2, 0.25) is 0 Å². The van der Waals surface area contributed by atoms with Gasteiger partial charge in [0, 0.05) is 31.2 Å². The third kappa shape index (κ3) is 2.35. The van der Waals surface area contributed by atoms with E-state index in [4.69, 9.17) is 0 Å². The maximum absolute atomic E-state index is 12.3. The maximum Gasteiger partial charge on any atom is 0.317 e. The summed E-state index contributed by atoms with van der Waals surface area (Å²) in [7, 11) is 2.22. The predicted molar refractivity (Wildman–Crippen MR) is 71.6 cm³/mol. The van der Waals surface area contributed by atoms with Crippen LogP contribution in [0.1, 0.15) is 44.9 Å². The van der Waals surface area contributed by atoms with Crippen molar-refractivity contribution in [3.8, 4) is 0 Å². The molecule has 3 rings (SSSR count). The molecule has 2 bridgehead atoms. The minimum Gasteiger partial charge on any atom is -0.335 e. The van der Waals surface area contributed by atoms with Crippen LogP contribution in [0.3, 0.4) is 0 Å². The number of carbonyl (C=O) groups is 1. The molecule has 1 aliphatic carbocycles. The molecule has 0 spiro atoms. The van der Waals surface area contributed by atoms with Crippen LogP contribution in [0.15, 0.2) is 0 Å². The van der Waals surface area contributed by atoms with Gasteiger partial charge in [-0.1, -0.05) is 12.8 Å². The highest BCUT2D eigenvalue weighted by Gasteiger charge is 2.36. The van der Waals surface area contributed by atoms with Gasteiger partial charge in [-0.05, 0) is 39.2 Å². The lowest BCUT2D eigenvalue weighted by atomic mass is 10.1. The summed E-state index contributed by atoms with van der Waals surface area (Å²) in [6.45, 7) is 1.86. The Morgan fingerprint density at radius 2 is 1.78 bits per heavy atom. The summed E-state index contributed by atoms with van der Waals surface area (Å²) in [5.41, 5.74) is 0. The van der Waals surface area contributed by atoms with Crippen molar-refractivity contribution in [3.63, 3.8) is 0 Å². The fourth-order valence-corrected chi connectivity index (χ4v) is 3.83. The first-order chi connectivity index (χ1) is 8.74. The Kier molecular flexibility index (Phi) is 3.46. The molecule has 0 radical (unpaired) electrons. The molecule has 1 N–H and O–H groups in total. The molecule has 4 heteroatoms. The van der Waals surface area contributed by atoms with Crippen LogP contribution < -0.4 is 5.32 Å². The minimum absolute atomic E-state index is 0.183. The van der Waals surface area contributed by atoms with Crippen LogP contribution >= 0.6 is 0 Å². The molecule has 0 aromatic heterocycles. The topological polar surface area (TPSA) is 35.6 Å². The lowest BCUT2D eigenvalue weighted by Crippen LogP contribution is -2.47. The SMILES string of the molecule is CN1C2CCC1CN(C(=O)NC1CCCC1)CC2. The molecule has 2 saturated heterocycles. The van der Waals surface area contributed by atoms with Gasteiger partial charge in [-0.25, -0.2) is 4.79 Å². The average Bonchev–Trinajstić information content (AvgIpc) is 2.89. The Morgan fingerprint density at radius 3 is 2.56 bits per heavy atom. The molecule has 2 aliphatic heterocycles. The Balaban J connectivity index is 1.57. The van der Waals surface area contributed by atoms with Crippen molar-refractivity contribution in [2.24, 2.45) is 0 Å². The van der Waals surface area contributed by atoms with E-state index in [0.29, 0.717) is 18.1 Å². The highest BCUT2D eigenvalue weighted by Crippen LogP contribution is 2.28. The van der Waals surface area contributed by atoms with Crippen LogP contribution in [-0.4, -0.2) is 54.1 Å². The first kappa shape index (κ1) is 12.3. The van der Waals surface area contributed by atoms with Crippen LogP contribution in [0, 0.1) is 0 Å². The third-order valence-corrected chi connectivity index (χ3v) is 5.12. The van der Waals surface area contributed by atoms with Crippen LogP contribution in [0.4, 0.5) is 4.79 Å². The Hall–Kier alpha value is -0.770. The van der Waals surface area contributed by atoms with Crippen molar-refractivity contribution in [2.45, 2.75) is 63.1 Å². The molecule has 4 nitrogen and oxygen atoms in total. The quantitative estimate of drug-likeness (QED) is 0.771. The van der Waals surface area contributed by atoms with Crippen LogP contribution in [0.5, 0.6) is 0 Å². The van der Waals surface area contributed by atoms with Crippen molar-refractivity contribution in [1.29, 1.82) is 0 Å². The van der Waals surface area contributed by atoms with E-state index in [0.717, 1.165) is 19.5 Å². The first-order valence-corrected chi connectivity index (χ1v) is 7.51. The van der Waals surface area contributed by atoms with E-state index in [1.165, 1.54) is 38.5 Å². The number of nitrogens with one attached hydrogen (secondary N) is 1. The zero-order valence-corrected chi connectivity index (χ0v) is 11.4. The summed E-state index contributed by atoms with van der Waals surface area (Å²) >= 11 is 0. The van der Waals surface area contributed by atoms with Gasteiger partial charge in [-0.15, -0.1) is 0 Å². The van der Waals surface area contributed by atoms with Gasteiger partial charge in [0.25, 0.3) is 0 Å². The number of likely N-dealkylation sites (tertiary alicyclic amines) is 1. The predicted octanol–water partition coefficient (Wildman–Crippen LogP) is 1.81. The number of amides is 2. The van der Waals surface area contributed by atoms with Crippen LogP contribution in [-0.2, 0) is 0 Å². The lowest BCUT2D eigenvalue weighted by Gasteiger charge is -2.27. The van der Waals surface area contributed by atoms with Crippen LogP contribution in [0.2, 0.25) is 0 Å². The largest absolute Gasteiger partial charge is 0.335 e. The molecule has 2 atom stereocenters. The summed E-state index contributed by atoms with van der Waals surface area (Å²) < 4.78 is 0. The van der Waals surface area contributed by atoms with E-state index in [1.807, 2.05) is 0 Å². The number of rotatable bonds is 1. The van der Waals surface area contributed by atoms with Crippen molar-refractivity contribution in [2.75, 3.05) is 20.1 Å². The zero-order valence-electron chi connectivity index (χ0n) is 11.4. The summed E-state index contributed by atoms with van der Waals surface area (Å²) in [4.78, 5) is 16.8. The molecule has 2 unspecified atom stereocenters. The van der Waals surface area contributed by atoms with Crippen LogP contribution in [0.25, 0.3) is 0 Å². The molecule has 0 aromatic carbocycles. The summed E-state index contributed by atoms with van der Waals surface area (Å²) in [5, 5.41) is 3.22. The number of hydrogen-bond acceptors (Lipinski definition) is 2. The second-order valence-corrected chi connectivity index (χ2v) is 6.22. The van der Waals surface area contributed by atoms with Crippen molar-refractivity contribution in [1.82, 2.24) is 15.1 Å². The van der Waals surface area contributed by atoms with E-state index in [2.05, 4.69) is 22.2 Å². The van der Waals surface area contributed by atoms with E-state index < -0.39 is 0 Å². The fourth-order valence-electron chi connectivity index (χ4n) is 3.83. The number of carbonyl (C=O) groups excluding carboxylic acids is 1. The van der Waals surface area contributed by atoms with Gasteiger partial charge in [0.15, 0.2) is 0 Å². The van der Waals surface area contributed by atoms with E-state index in [9.17, 15) is 4.79 Å². The van der Waals surface area contributed by atoms with Gasteiger partial charge >= 0.3 is 6.03 Å². The maximum atomic E-state index is 12.3. The Morgan fingerprint density at radius 1 is 1.06 bits per heavy atom. The second kappa shape index (κ2) is 5.08. The van der Waals surface area contributed by atoms with Gasteiger partial charge in [0.1, 0.15) is 0 Å². The van der Waals surface area contributed by atoms with Crippen molar-refractivity contribution < 1.29 is 4.79 Å². The van der Waals surface area contributed by atoms with Gasteiger partial charge in [0.05, 0.1) is 0 Å². The standard InChI is InChI=1S/C14H25N3O/c1-16-12-6-7-13(16)10-17(9-8-12)14(18)15-11-4-2-3-5-11/h11-13H,2-10H2,1H3,(H,15,18). The fraction of sp³-hybridized carbons (Fsp3) is 0.929. The summed E-state index contributed by atoms with van der Waals surface area (Å²) in [6, 6.07) is 1.92. The van der Waals surface area contributed by atoms with E-state index >= 15 is 0 Å². The molecule has 1 saturated carbocycles. The molecular weight excluding hydrogens is 226 g/mol. The molecule has 2 amide bonds. The number of urea groups is 1. The third-order valence-electron chi connectivity index (χ3n) is 5.12. The normalized spacial score (nSPS) is 33.7. The molecule has 3 fully saturated rings. The molecule has 18 heavy (non-hydrogen) atoms. The van der Waals surface area contributed by atoms with Gasteiger partial charge in [-0.2, -0.15) is 0 Å². The Bertz CT molecular complexity index is 314. The van der Waals surface area contributed by atoms with E-state index in [1.54, 1.807) is 0 Å². The summed E-state index contributed by atoms with van der Waals surface area (Å²) in [6.07, 6.45) is 8.62. The molecule has 0 aromatic rings. The van der Waals surface area contributed by atoms with Crippen molar-refractivity contribution in [3.05, 3.63) is 0 Å². The summed E-state index contributed by atoms with van der Waals surface area (Å²) in [5.74, 6) is 0. The minimum atomic E-state index is 0.183. The molecule has 2 heterocycles. The number of hydrogen-bond donors (Lipinski definition) is 1. The van der Waals surface area contributed by atoms with Gasteiger partial charge in [-0.3, -0.25) is 4.90 Å². The zero-order chi connectivity index (χ0) is 12.5. The molecule has 102 valence electrons. The number of likely N-dealkylation sites (N-methyl/N-ethyl adjacent to an activating group) is 1. The first-order valence-electron chi connectivity index (χ1n) is 7.51. The van der Waals surface area contributed by atoms with E-state index in [-0.39, 0.29) is 6.03 Å². The van der Waals surface area contributed by atoms with Gasteiger partial charge < -0.3 is 10.2 Å². The highest BCUT2D eigenvalue weighted by atomic mass is 16.2. The molecular formula is C14H25N3O.